The zero-order valence-corrected chi connectivity index (χ0v) is 12.2. The third-order valence-corrected chi connectivity index (χ3v) is 3.90. The van der Waals surface area contributed by atoms with E-state index < -0.39 is 17.3 Å². The van der Waals surface area contributed by atoms with Gasteiger partial charge >= 0.3 is 0 Å². The average molecular weight is 277 g/mol. The van der Waals surface area contributed by atoms with Gasteiger partial charge in [0.2, 0.25) is 0 Å². The summed E-state index contributed by atoms with van der Waals surface area (Å²) in [4.78, 5) is 36.6. The fraction of sp³-hybridized carbons (Fsp3) is 0.600. The molecule has 1 aliphatic rings. The predicted octanol–water partition coefficient (Wildman–Crippen LogP) is 2.23. The van der Waals surface area contributed by atoms with Crippen LogP contribution < -0.4 is 0 Å². The molecule has 0 aromatic carbocycles. The molecule has 1 fully saturated rings. The number of rotatable bonds is 3. The molecule has 0 saturated heterocycles. The van der Waals surface area contributed by atoms with Crippen molar-refractivity contribution in [2.24, 2.45) is 11.3 Å². The van der Waals surface area contributed by atoms with Crippen LogP contribution in [0.25, 0.3) is 0 Å². The molecule has 1 aromatic rings. The van der Waals surface area contributed by atoms with Crippen LogP contribution in [0, 0.1) is 18.3 Å². The van der Waals surface area contributed by atoms with Gasteiger partial charge in [-0.15, -0.1) is 0 Å². The van der Waals surface area contributed by atoms with Crippen molar-refractivity contribution < 1.29 is 18.9 Å². The first-order valence-corrected chi connectivity index (χ1v) is 6.80. The van der Waals surface area contributed by atoms with Gasteiger partial charge in [-0.1, -0.05) is 25.9 Å². The van der Waals surface area contributed by atoms with Crippen LogP contribution in [-0.4, -0.2) is 22.5 Å². The van der Waals surface area contributed by atoms with Crippen LogP contribution in [0.1, 0.15) is 51.0 Å². The molecule has 1 aliphatic carbocycles. The number of ketones is 3. The molecule has 0 unspecified atom stereocenters. The van der Waals surface area contributed by atoms with Crippen LogP contribution in [0.4, 0.5) is 0 Å². The first-order valence-electron chi connectivity index (χ1n) is 6.80. The SMILES string of the molecule is CCC(=O)[C@H]1C(=O)CC(C)(C)[C@H](c2cc(C)no2)C1=O. The summed E-state index contributed by atoms with van der Waals surface area (Å²) in [6.07, 6.45) is 0.379. The maximum atomic E-state index is 12.6. The molecular weight excluding hydrogens is 258 g/mol. The second-order valence-electron chi connectivity index (χ2n) is 6.09. The summed E-state index contributed by atoms with van der Waals surface area (Å²) < 4.78 is 5.21. The van der Waals surface area contributed by atoms with Gasteiger partial charge in [-0.2, -0.15) is 0 Å². The summed E-state index contributed by atoms with van der Waals surface area (Å²) in [6, 6.07) is 1.70. The van der Waals surface area contributed by atoms with Gasteiger partial charge in [0.25, 0.3) is 0 Å². The number of carbonyl (C=O) groups excluding carboxylic acids is 3. The summed E-state index contributed by atoms with van der Waals surface area (Å²) in [5, 5.41) is 3.80. The van der Waals surface area contributed by atoms with Crippen molar-refractivity contribution in [3.8, 4) is 0 Å². The molecule has 0 radical (unpaired) electrons. The third kappa shape index (κ3) is 2.32. The van der Waals surface area contributed by atoms with E-state index in [-0.39, 0.29) is 30.2 Å². The van der Waals surface area contributed by atoms with Gasteiger partial charge in [-0.05, 0) is 12.3 Å². The maximum absolute atomic E-state index is 12.6. The van der Waals surface area contributed by atoms with E-state index in [4.69, 9.17) is 4.52 Å². The largest absolute Gasteiger partial charge is 0.360 e. The number of carbonyl (C=O) groups is 3. The number of hydrogen-bond acceptors (Lipinski definition) is 5. The lowest BCUT2D eigenvalue weighted by molar-refractivity contribution is -0.147. The molecule has 5 nitrogen and oxygen atoms in total. The summed E-state index contributed by atoms with van der Waals surface area (Å²) >= 11 is 0. The molecule has 1 heterocycles. The lowest BCUT2D eigenvalue weighted by Gasteiger charge is -2.37. The normalized spacial score (nSPS) is 25.8. The first-order chi connectivity index (χ1) is 9.27. The lowest BCUT2D eigenvalue weighted by atomic mass is 9.62. The molecule has 0 bridgehead atoms. The van der Waals surface area contributed by atoms with Crippen molar-refractivity contribution in [3.05, 3.63) is 17.5 Å². The molecule has 1 saturated carbocycles. The van der Waals surface area contributed by atoms with E-state index >= 15 is 0 Å². The quantitative estimate of drug-likeness (QED) is 0.792. The molecule has 0 N–H and O–H groups in total. The van der Waals surface area contributed by atoms with Crippen LogP contribution in [-0.2, 0) is 14.4 Å². The van der Waals surface area contributed by atoms with Crippen LogP contribution in [0.15, 0.2) is 10.6 Å². The van der Waals surface area contributed by atoms with Crippen molar-refractivity contribution >= 4 is 17.3 Å². The minimum absolute atomic E-state index is 0.185. The summed E-state index contributed by atoms with van der Waals surface area (Å²) in [5.41, 5.74) is 0.115. The minimum Gasteiger partial charge on any atom is -0.360 e. The van der Waals surface area contributed by atoms with Crippen molar-refractivity contribution in [2.75, 3.05) is 0 Å². The van der Waals surface area contributed by atoms with Crippen molar-refractivity contribution in [1.82, 2.24) is 5.16 Å². The monoisotopic (exact) mass is 277 g/mol. The van der Waals surface area contributed by atoms with Gasteiger partial charge in [0.15, 0.2) is 17.3 Å². The van der Waals surface area contributed by atoms with E-state index in [0.717, 1.165) is 0 Å². The Morgan fingerprint density at radius 1 is 1.45 bits per heavy atom. The van der Waals surface area contributed by atoms with Crippen LogP contribution >= 0.6 is 0 Å². The van der Waals surface area contributed by atoms with Crippen molar-refractivity contribution in [3.63, 3.8) is 0 Å². The molecule has 2 atom stereocenters. The summed E-state index contributed by atoms with van der Waals surface area (Å²) in [6.45, 7) is 7.12. The second-order valence-corrected chi connectivity index (χ2v) is 6.09. The highest BCUT2D eigenvalue weighted by molar-refractivity contribution is 6.22. The number of hydrogen-bond donors (Lipinski definition) is 0. The third-order valence-electron chi connectivity index (χ3n) is 3.90. The second kappa shape index (κ2) is 4.96. The standard InChI is InChI=1S/C15H19NO4/c1-5-9(17)12-10(18)7-15(3,4)13(14(12)19)11-6-8(2)16-20-11/h6,12-13H,5,7H2,1-4H3/t12-,13+/m0/s1. The van der Waals surface area contributed by atoms with Gasteiger partial charge in [0, 0.05) is 18.9 Å². The fourth-order valence-electron chi connectivity index (χ4n) is 2.95. The average Bonchev–Trinajstić information content (AvgIpc) is 2.73. The topological polar surface area (TPSA) is 77.2 Å². The van der Waals surface area contributed by atoms with Gasteiger partial charge < -0.3 is 4.52 Å². The zero-order valence-electron chi connectivity index (χ0n) is 12.2. The maximum Gasteiger partial charge on any atom is 0.162 e. The number of nitrogens with zero attached hydrogens (tertiary/aromatic N) is 1. The molecule has 0 aliphatic heterocycles. The van der Waals surface area contributed by atoms with Gasteiger partial charge in [0.05, 0.1) is 11.6 Å². The summed E-state index contributed by atoms with van der Waals surface area (Å²) in [7, 11) is 0. The van der Waals surface area contributed by atoms with E-state index in [9.17, 15) is 14.4 Å². The van der Waals surface area contributed by atoms with E-state index in [0.29, 0.717) is 11.5 Å². The molecule has 1 aromatic heterocycles. The Hall–Kier alpha value is -1.78. The lowest BCUT2D eigenvalue weighted by Crippen LogP contribution is -2.47. The highest BCUT2D eigenvalue weighted by atomic mass is 16.5. The Morgan fingerprint density at radius 3 is 2.60 bits per heavy atom. The zero-order chi connectivity index (χ0) is 15.1. The van der Waals surface area contributed by atoms with Gasteiger partial charge in [-0.3, -0.25) is 14.4 Å². The molecule has 108 valence electrons. The van der Waals surface area contributed by atoms with E-state index in [2.05, 4.69) is 5.16 Å². The smallest absolute Gasteiger partial charge is 0.162 e. The number of aromatic nitrogens is 1. The fourth-order valence-corrected chi connectivity index (χ4v) is 2.95. The Morgan fingerprint density at radius 2 is 2.10 bits per heavy atom. The van der Waals surface area contributed by atoms with Crippen LogP contribution in [0.2, 0.25) is 0 Å². The van der Waals surface area contributed by atoms with Crippen molar-refractivity contribution in [2.45, 2.75) is 46.5 Å². The predicted molar refractivity (Wildman–Crippen MR) is 71.2 cm³/mol. The molecule has 0 amide bonds. The number of Topliss-reactive ketones (excluding diaryl/α,β-unsaturated/α-hetero) is 3. The molecule has 5 heteroatoms. The van der Waals surface area contributed by atoms with Crippen LogP contribution in [0.3, 0.4) is 0 Å². The highest BCUT2D eigenvalue weighted by Gasteiger charge is 2.51. The number of aryl methyl sites for hydroxylation is 1. The van der Waals surface area contributed by atoms with E-state index in [1.54, 1.807) is 19.9 Å². The Labute approximate surface area is 117 Å². The molecule has 2 rings (SSSR count). The molecular formula is C15H19NO4. The van der Waals surface area contributed by atoms with Crippen LogP contribution in [0.5, 0.6) is 0 Å². The summed E-state index contributed by atoms with van der Waals surface area (Å²) in [5.74, 6) is -2.23. The van der Waals surface area contributed by atoms with Crippen molar-refractivity contribution in [1.29, 1.82) is 0 Å². The molecule has 0 spiro atoms. The molecule has 20 heavy (non-hydrogen) atoms. The Bertz CT molecular complexity index is 570. The minimum atomic E-state index is -1.14. The Kier molecular flexibility index (Phi) is 3.63. The van der Waals surface area contributed by atoms with Gasteiger partial charge in [0.1, 0.15) is 11.7 Å². The Balaban J connectivity index is 2.45. The van der Waals surface area contributed by atoms with E-state index in [1.165, 1.54) is 0 Å². The van der Waals surface area contributed by atoms with E-state index in [1.807, 2.05) is 13.8 Å². The first kappa shape index (κ1) is 14.6. The van der Waals surface area contributed by atoms with Gasteiger partial charge in [-0.25, -0.2) is 0 Å². The highest BCUT2D eigenvalue weighted by Crippen LogP contribution is 2.45.